The van der Waals surface area contributed by atoms with Crippen molar-refractivity contribution in [2.75, 3.05) is 13.1 Å². The maximum Gasteiger partial charge on any atom is 0.383 e. The van der Waals surface area contributed by atoms with Gasteiger partial charge < -0.3 is 10.1 Å². The summed E-state index contributed by atoms with van der Waals surface area (Å²) in [6.45, 7) is 5.12. The second kappa shape index (κ2) is 8.49. The van der Waals surface area contributed by atoms with Crippen LogP contribution in [0.25, 0.3) is 11.3 Å². The second-order valence-electron chi connectivity index (χ2n) is 7.68. The lowest BCUT2D eigenvalue weighted by atomic mass is 10.0. The van der Waals surface area contributed by atoms with Crippen molar-refractivity contribution < 1.29 is 9.31 Å². The summed E-state index contributed by atoms with van der Waals surface area (Å²) < 4.78 is 15.1. The Morgan fingerprint density at radius 1 is 1.27 bits per heavy atom. The van der Waals surface area contributed by atoms with Gasteiger partial charge in [0.1, 0.15) is 12.0 Å². The summed E-state index contributed by atoms with van der Waals surface area (Å²) in [6.07, 6.45) is 2.20. The fourth-order valence-electron chi connectivity index (χ4n) is 3.87. The van der Waals surface area contributed by atoms with Crippen molar-refractivity contribution in [3.05, 3.63) is 75.1 Å². The van der Waals surface area contributed by atoms with E-state index in [-0.39, 0.29) is 22.8 Å². The average Bonchev–Trinajstić information content (AvgIpc) is 3.08. The first-order valence-corrected chi connectivity index (χ1v) is 10.1. The normalized spacial score (nSPS) is 15.0. The lowest BCUT2D eigenvalue weighted by Crippen LogP contribution is -2.35. The standard InChI is InChI=1S/C21H21ClFN5O2/c1-14(11-27-13-20(28(29)30)25-21(27)22)10-26-8-7-19-16(12-26)5-6-18(24-19)15-3-2-4-17(23)9-15/h2-6,9,13-14H,7-8,10-12H2,1H3. The van der Waals surface area contributed by atoms with Crippen LogP contribution in [0.5, 0.6) is 0 Å². The molecule has 1 aliphatic heterocycles. The fraction of sp³-hybridized carbons (Fsp3) is 0.333. The van der Waals surface area contributed by atoms with E-state index in [1.54, 1.807) is 10.6 Å². The zero-order valence-electron chi connectivity index (χ0n) is 16.5. The molecule has 0 bridgehead atoms. The fourth-order valence-corrected chi connectivity index (χ4v) is 4.07. The minimum atomic E-state index is -0.542. The Morgan fingerprint density at radius 3 is 2.83 bits per heavy atom. The molecule has 0 aliphatic carbocycles. The zero-order valence-corrected chi connectivity index (χ0v) is 17.2. The SMILES string of the molecule is CC(CN1CCc2nc(-c3cccc(F)c3)ccc2C1)Cn1cc([N+](=O)[O-])nc1Cl. The summed E-state index contributed by atoms with van der Waals surface area (Å²) in [5.74, 6) is -0.271. The minimum Gasteiger partial charge on any atom is -0.358 e. The lowest BCUT2D eigenvalue weighted by Gasteiger charge is -2.30. The van der Waals surface area contributed by atoms with E-state index in [1.165, 1.54) is 23.9 Å². The predicted octanol–water partition coefficient (Wildman–Crippen LogP) is 4.34. The zero-order chi connectivity index (χ0) is 21.3. The van der Waals surface area contributed by atoms with E-state index in [0.717, 1.165) is 43.0 Å². The Hall–Kier alpha value is -2.84. The highest BCUT2D eigenvalue weighted by Gasteiger charge is 2.22. The van der Waals surface area contributed by atoms with E-state index in [4.69, 9.17) is 16.6 Å². The van der Waals surface area contributed by atoms with Crippen LogP contribution in [0.1, 0.15) is 18.2 Å². The molecule has 0 N–H and O–H groups in total. The van der Waals surface area contributed by atoms with E-state index in [9.17, 15) is 14.5 Å². The molecule has 156 valence electrons. The van der Waals surface area contributed by atoms with Gasteiger partial charge in [0.2, 0.25) is 0 Å². The Morgan fingerprint density at radius 2 is 2.10 bits per heavy atom. The van der Waals surface area contributed by atoms with Crippen LogP contribution in [0.15, 0.2) is 42.6 Å². The number of nitro groups is 1. The van der Waals surface area contributed by atoms with Crippen LogP contribution >= 0.6 is 11.6 Å². The predicted molar refractivity (Wildman–Crippen MR) is 112 cm³/mol. The van der Waals surface area contributed by atoms with Crippen LogP contribution in [0.4, 0.5) is 10.2 Å². The van der Waals surface area contributed by atoms with E-state index >= 15 is 0 Å². The van der Waals surface area contributed by atoms with Gasteiger partial charge in [-0.3, -0.25) is 14.5 Å². The highest BCUT2D eigenvalue weighted by molar-refractivity contribution is 6.28. The molecule has 4 rings (SSSR count). The summed E-state index contributed by atoms with van der Waals surface area (Å²) in [6, 6.07) is 10.5. The first kappa shape index (κ1) is 20.4. The van der Waals surface area contributed by atoms with Gasteiger partial charge in [-0.1, -0.05) is 25.1 Å². The van der Waals surface area contributed by atoms with Gasteiger partial charge in [-0.05, 0) is 51.2 Å². The maximum atomic E-state index is 13.5. The maximum absolute atomic E-state index is 13.5. The molecule has 7 nitrogen and oxygen atoms in total. The second-order valence-corrected chi connectivity index (χ2v) is 8.02. The number of benzene rings is 1. The number of aromatic nitrogens is 3. The summed E-state index contributed by atoms with van der Waals surface area (Å²) in [7, 11) is 0. The molecule has 1 atom stereocenters. The van der Waals surface area contributed by atoms with Crippen LogP contribution in [-0.4, -0.2) is 37.4 Å². The van der Waals surface area contributed by atoms with E-state index in [0.29, 0.717) is 6.54 Å². The molecule has 2 aromatic heterocycles. The molecule has 1 unspecified atom stereocenters. The van der Waals surface area contributed by atoms with Gasteiger partial charge in [-0.2, -0.15) is 0 Å². The molecule has 0 amide bonds. The molecule has 9 heteroatoms. The third-order valence-electron chi connectivity index (χ3n) is 5.23. The largest absolute Gasteiger partial charge is 0.383 e. The molecule has 0 fully saturated rings. The molecule has 1 aliphatic rings. The first-order valence-electron chi connectivity index (χ1n) is 9.73. The van der Waals surface area contributed by atoms with Crippen molar-refractivity contribution in [2.45, 2.75) is 26.4 Å². The van der Waals surface area contributed by atoms with Gasteiger partial charge in [0.25, 0.3) is 0 Å². The summed E-state index contributed by atoms with van der Waals surface area (Å²) >= 11 is 6.02. The van der Waals surface area contributed by atoms with Gasteiger partial charge in [0, 0.05) is 43.9 Å². The molecule has 3 aromatic rings. The highest BCUT2D eigenvalue weighted by Crippen LogP contribution is 2.25. The minimum absolute atomic E-state index is 0.131. The van der Waals surface area contributed by atoms with Gasteiger partial charge in [0.15, 0.2) is 0 Å². The van der Waals surface area contributed by atoms with E-state index < -0.39 is 4.92 Å². The number of fused-ring (bicyclic) bond motifs is 1. The molecule has 1 aromatic carbocycles. The molecule has 0 radical (unpaired) electrons. The van der Waals surface area contributed by atoms with Crippen molar-refractivity contribution in [2.24, 2.45) is 5.92 Å². The smallest absolute Gasteiger partial charge is 0.358 e. The van der Waals surface area contributed by atoms with Crippen molar-refractivity contribution in [3.8, 4) is 11.3 Å². The number of nitrogens with zero attached hydrogens (tertiary/aromatic N) is 5. The summed E-state index contributed by atoms with van der Waals surface area (Å²) in [4.78, 5) is 21.2. The van der Waals surface area contributed by atoms with Gasteiger partial charge in [-0.15, -0.1) is 0 Å². The third kappa shape index (κ3) is 4.49. The van der Waals surface area contributed by atoms with Crippen molar-refractivity contribution in [1.29, 1.82) is 0 Å². The third-order valence-corrected chi connectivity index (χ3v) is 5.53. The van der Waals surface area contributed by atoms with Crippen LogP contribution in [0, 0.1) is 21.8 Å². The first-order chi connectivity index (χ1) is 14.4. The van der Waals surface area contributed by atoms with Crippen molar-refractivity contribution >= 4 is 17.4 Å². The van der Waals surface area contributed by atoms with Gasteiger partial charge >= 0.3 is 11.1 Å². The Kier molecular flexibility index (Phi) is 5.78. The van der Waals surface area contributed by atoms with Crippen molar-refractivity contribution in [3.63, 3.8) is 0 Å². The lowest BCUT2D eigenvalue weighted by molar-refractivity contribution is -0.389. The number of pyridine rings is 1. The summed E-state index contributed by atoms with van der Waals surface area (Å²) in [5.41, 5.74) is 3.78. The monoisotopic (exact) mass is 429 g/mol. The summed E-state index contributed by atoms with van der Waals surface area (Å²) in [5, 5.41) is 11.0. The molecule has 0 saturated carbocycles. The van der Waals surface area contributed by atoms with Crippen molar-refractivity contribution in [1.82, 2.24) is 19.4 Å². The Balaban J connectivity index is 1.40. The highest BCUT2D eigenvalue weighted by atomic mass is 35.5. The Bertz CT molecular complexity index is 1090. The average molecular weight is 430 g/mol. The number of imidazole rings is 1. The molecule has 3 heterocycles. The number of hydrogen-bond acceptors (Lipinski definition) is 5. The molecular formula is C21H21ClFN5O2. The van der Waals surface area contributed by atoms with Crippen LogP contribution in [0.2, 0.25) is 5.28 Å². The number of hydrogen-bond donors (Lipinski definition) is 0. The molecule has 0 spiro atoms. The Labute approximate surface area is 178 Å². The number of halogens is 2. The van der Waals surface area contributed by atoms with Gasteiger partial charge in [-0.25, -0.2) is 4.39 Å². The topological polar surface area (TPSA) is 77.1 Å². The van der Waals surface area contributed by atoms with E-state index in [1.807, 2.05) is 12.1 Å². The van der Waals surface area contributed by atoms with Crippen LogP contribution < -0.4 is 0 Å². The quantitative estimate of drug-likeness (QED) is 0.430. The molecular weight excluding hydrogens is 409 g/mol. The number of rotatable bonds is 6. The van der Waals surface area contributed by atoms with Crippen LogP contribution in [0.3, 0.4) is 0 Å². The van der Waals surface area contributed by atoms with Gasteiger partial charge in [0.05, 0.1) is 5.69 Å². The van der Waals surface area contributed by atoms with E-state index in [2.05, 4.69) is 22.9 Å². The molecule has 30 heavy (non-hydrogen) atoms. The molecule has 0 saturated heterocycles. The van der Waals surface area contributed by atoms with Crippen LogP contribution in [-0.2, 0) is 19.5 Å².